The van der Waals surface area contributed by atoms with Gasteiger partial charge < -0.3 is 19.3 Å². The fraction of sp³-hybridized carbons (Fsp3) is 0.500. The second-order valence-corrected chi connectivity index (χ2v) is 10.6. The van der Waals surface area contributed by atoms with E-state index in [-0.39, 0.29) is 45.0 Å². The number of aliphatic hydroxyl groups excluding tert-OH is 1. The fourth-order valence-corrected chi connectivity index (χ4v) is 4.12. The topological polar surface area (TPSA) is 99.1 Å². The maximum atomic E-state index is 13.9. The Morgan fingerprint density at radius 3 is 1.78 bits per heavy atom. The van der Waals surface area contributed by atoms with Crippen LogP contribution in [0.4, 0.5) is 0 Å². The van der Waals surface area contributed by atoms with E-state index in [1.165, 1.54) is 0 Å². The number of rotatable bonds is 13. The molecule has 0 aliphatic carbocycles. The SMILES string of the molecule is CC(C)C[C@@H](C(=O)OCc1ccccc1)C(CCCO)(C(=O)OCc1ccccc1)C(=O)OC(C)(C)C. The molecular weight excluding hydrogens is 472 g/mol. The van der Waals surface area contributed by atoms with Crippen molar-refractivity contribution in [2.75, 3.05) is 6.61 Å². The van der Waals surface area contributed by atoms with E-state index in [1.807, 2.05) is 62.4 Å². The van der Waals surface area contributed by atoms with Crippen LogP contribution in [0.5, 0.6) is 0 Å². The van der Waals surface area contributed by atoms with Gasteiger partial charge in [-0.25, -0.2) is 0 Å². The van der Waals surface area contributed by atoms with Crippen molar-refractivity contribution in [3.05, 3.63) is 71.8 Å². The molecule has 2 atom stereocenters. The second kappa shape index (κ2) is 13.9. The molecule has 0 radical (unpaired) electrons. The van der Waals surface area contributed by atoms with Crippen LogP contribution in [0.3, 0.4) is 0 Å². The minimum Gasteiger partial charge on any atom is -0.461 e. The summed E-state index contributed by atoms with van der Waals surface area (Å²) in [6, 6.07) is 18.3. The molecule has 37 heavy (non-hydrogen) atoms. The number of hydrogen-bond acceptors (Lipinski definition) is 7. The van der Waals surface area contributed by atoms with Gasteiger partial charge in [0.25, 0.3) is 0 Å². The van der Waals surface area contributed by atoms with Gasteiger partial charge in [0.2, 0.25) is 0 Å². The predicted octanol–water partition coefficient (Wildman–Crippen LogP) is 5.24. The third-order valence-corrected chi connectivity index (χ3v) is 5.88. The normalized spacial score (nSPS) is 13.9. The average Bonchev–Trinajstić information content (AvgIpc) is 2.85. The Kier molecular flexibility index (Phi) is 11.3. The molecule has 0 spiro atoms. The van der Waals surface area contributed by atoms with Crippen LogP contribution in [0.25, 0.3) is 0 Å². The summed E-state index contributed by atoms with van der Waals surface area (Å²) in [6.45, 7) is 8.54. The van der Waals surface area contributed by atoms with E-state index >= 15 is 0 Å². The highest BCUT2D eigenvalue weighted by molar-refractivity contribution is 6.04. The molecule has 0 saturated heterocycles. The van der Waals surface area contributed by atoms with Gasteiger partial charge in [0.1, 0.15) is 18.8 Å². The highest BCUT2D eigenvalue weighted by atomic mass is 16.6. The van der Waals surface area contributed by atoms with E-state index in [0.29, 0.717) is 0 Å². The first kappa shape index (κ1) is 30.0. The smallest absolute Gasteiger partial charge is 0.324 e. The minimum absolute atomic E-state index is 0.00225. The molecule has 202 valence electrons. The van der Waals surface area contributed by atoms with E-state index < -0.39 is 34.8 Å². The summed E-state index contributed by atoms with van der Waals surface area (Å²) in [7, 11) is 0. The molecule has 2 aromatic rings. The summed E-state index contributed by atoms with van der Waals surface area (Å²) in [5.74, 6) is -3.61. The van der Waals surface area contributed by atoms with Gasteiger partial charge in [-0.3, -0.25) is 14.4 Å². The largest absolute Gasteiger partial charge is 0.461 e. The molecule has 7 heteroatoms. The van der Waals surface area contributed by atoms with Crippen molar-refractivity contribution in [2.45, 2.75) is 72.7 Å². The number of benzene rings is 2. The third kappa shape index (κ3) is 9.01. The first-order chi connectivity index (χ1) is 17.5. The minimum atomic E-state index is -1.98. The van der Waals surface area contributed by atoms with Crippen LogP contribution in [-0.4, -0.2) is 35.2 Å². The Hall–Kier alpha value is -3.19. The maximum Gasteiger partial charge on any atom is 0.324 e. The van der Waals surface area contributed by atoms with E-state index in [0.717, 1.165) is 11.1 Å². The molecule has 2 rings (SSSR count). The van der Waals surface area contributed by atoms with Gasteiger partial charge >= 0.3 is 17.9 Å². The van der Waals surface area contributed by atoms with Crippen LogP contribution in [0, 0.1) is 17.3 Å². The Bertz CT molecular complexity index is 996. The molecule has 0 amide bonds. The zero-order chi connectivity index (χ0) is 27.5. The van der Waals surface area contributed by atoms with Gasteiger partial charge in [0.15, 0.2) is 5.41 Å². The van der Waals surface area contributed by atoms with Crippen molar-refractivity contribution >= 4 is 17.9 Å². The van der Waals surface area contributed by atoms with Gasteiger partial charge in [-0.05, 0) is 57.1 Å². The molecule has 2 aromatic carbocycles. The molecule has 0 aromatic heterocycles. The van der Waals surface area contributed by atoms with Crippen LogP contribution in [0.1, 0.15) is 65.0 Å². The lowest BCUT2D eigenvalue weighted by Crippen LogP contribution is -2.53. The van der Waals surface area contributed by atoms with Gasteiger partial charge in [0.05, 0.1) is 5.92 Å². The maximum absolute atomic E-state index is 13.9. The molecule has 0 heterocycles. The summed E-state index contributed by atoms with van der Waals surface area (Å²) in [5, 5.41) is 9.67. The predicted molar refractivity (Wildman–Crippen MR) is 140 cm³/mol. The van der Waals surface area contributed by atoms with Gasteiger partial charge in [-0.2, -0.15) is 0 Å². The molecule has 0 bridgehead atoms. The highest BCUT2D eigenvalue weighted by Crippen LogP contribution is 2.42. The van der Waals surface area contributed by atoms with Crippen molar-refractivity contribution in [1.82, 2.24) is 0 Å². The van der Waals surface area contributed by atoms with Crippen LogP contribution in [0.2, 0.25) is 0 Å². The van der Waals surface area contributed by atoms with Crippen LogP contribution < -0.4 is 0 Å². The quantitative estimate of drug-likeness (QED) is 0.223. The Morgan fingerprint density at radius 2 is 1.32 bits per heavy atom. The van der Waals surface area contributed by atoms with E-state index in [2.05, 4.69) is 0 Å². The Morgan fingerprint density at radius 1 is 0.811 bits per heavy atom. The van der Waals surface area contributed by atoms with E-state index in [1.54, 1.807) is 32.9 Å². The lowest BCUT2D eigenvalue weighted by molar-refractivity contribution is -0.192. The van der Waals surface area contributed by atoms with Crippen molar-refractivity contribution in [2.24, 2.45) is 17.3 Å². The first-order valence-corrected chi connectivity index (χ1v) is 12.8. The number of aliphatic hydroxyl groups is 1. The molecule has 0 aliphatic rings. The van der Waals surface area contributed by atoms with E-state index in [4.69, 9.17) is 14.2 Å². The number of carbonyl (C=O) groups is 3. The fourth-order valence-electron chi connectivity index (χ4n) is 4.12. The monoisotopic (exact) mass is 512 g/mol. The molecule has 0 saturated carbocycles. The lowest BCUT2D eigenvalue weighted by atomic mass is 9.68. The Labute approximate surface area is 220 Å². The molecule has 1 unspecified atom stereocenters. The first-order valence-electron chi connectivity index (χ1n) is 12.8. The zero-order valence-electron chi connectivity index (χ0n) is 22.6. The van der Waals surface area contributed by atoms with Gasteiger partial charge in [-0.15, -0.1) is 0 Å². The zero-order valence-corrected chi connectivity index (χ0v) is 22.6. The number of carbonyl (C=O) groups excluding carboxylic acids is 3. The lowest BCUT2D eigenvalue weighted by Gasteiger charge is -2.38. The average molecular weight is 513 g/mol. The Balaban J connectivity index is 2.51. The number of esters is 3. The van der Waals surface area contributed by atoms with Crippen molar-refractivity contribution < 1.29 is 33.7 Å². The van der Waals surface area contributed by atoms with Crippen LogP contribution >= 0.6 is 0 Å². The number of ether oxygens (including phenoxy) is 3. The standard InChI is InChI=1S/C30H40O7/c1-22(2)19-25(26(32)35-20-23-13-8-6-9-14-23)30(17-12-18-31,28(34)37-29(3,4)5)27(33)36-21-24-15-10-7-11-16-24/h6-11,13-16,22,25,31H,12,17-21H2,1-5H3/t25-,30?/m0/s1. The molecular formula is C30H40O7. The van der Waals surface area contributed by atoms with E-state index in [9.17, 15) is 19.5 Å². The van der Waals surface area contributed by atoms with Crippen LogP contribution in [-0.2, 0) is 41.8 Å². The highest BCUT2D eigenvalue weighted by Gasteiger charge is 2.58. The third-order valence-electron chi connectivity index (χ3n) is 5.88. The summed E-state index contributed by atoms with van der Waals surface area (Å²) in [5.41, 5.74) is -1.38. The summed E-state index contributed by atoms with van der Waals surface area (Å²) in [6.07, 6.45) is 0.169. The molecule has 7 nitrogen and oxygen atoms in total. The molecule has 1 N–H and O–H groups in total. The van der Waals surface area contributed by atoms with Crippen molar-refractivity contribution in [3.8, 4) is 0 Å². The molecule has 0 aliphatic heterocycles. The summed E-state index contributed by atoms with van der Waals surface area (Å²) >= 11 is 0. The van der Waals surface area contributed by atoms with Crippen LogP contribution in [0.15, 0.2) is 60.7 Å². The summed E-state index contributed by atoms with van der Waals surface area (Å²) in [4.78, 5) is 41.3. The van der Waals surface area contributed by atoms with Crippen molar-refractivity contribution in [3.63, 3.8) is 0 Å². The van der Waals surface area contributed by atoms with Gasteiger partial charge in [-0.1, -0.05) is 74.5 Å². The number of hydrogen-bond donors (Lipinski definition) is 1. The van der Waals surface area contributed by atoms with Crippen molar-refractivity contribution in [1.29, 1.82) is 0 Å². The summed E-state index contributed by atoms with van der Waals surface area (Å²) < 4.78 is 17.0. The van der Waals surface area contributed by atoms with Gasteiger partial charge in [0, 0.05) is 6.61 Å². The molecule has 0 fully saturated rings. The second-order valence-electron chi connectivity index (χ2n) is 10.6.